The van der Waals surface area contributed by atoms with E-state index < -0.39 is 9.84 Å². The largest absolute Gasteiger partial charge is 0.493 e. The summed E-state index contributed by atoms with van der Waals surface area (Å²) in [4.78, 5) is 11.7. The molecule has 2 aliphatic heterocycles. The fourth-order valence-corrected chi connectivity index (χ4v) is 7.75. The number of nitrogens with one attached hydrogen (secondary N) is 1. The van der Waals surface area contributed by atoms with Crippen molar-refractivity contribution in [2.45, 2.75) is 51.0 Å². The molecule has 0 spiro atoms. The van der Waals surface area contributed by atoms with Crippen LogP contribution in [0.4, 0.5) is 5.69 Å². The van der Waals surface area contributed by atoms with Crippen LogP contribution < -0.4 is 14.8 Å². The lowest BCUT2D eigenvalue weighted by atomic mass is 9.94. The molecule has 3 aromatic rings. The van der Waals surface area contributed by atoms with Crippen molar-refractivity contribution in [3.63, 3.8) is 0 Å². The second-order valence-corrected chi connectivity index (χ2v) is 13.8. The van der Waals surface area contributed by atoms with Gasteiger partial charge in [0.1, 0.15) is 21.3 Å². The van der Waals surface area contributed by atoms with Crippen molar-refractivity contribution in [1.82, 2.24) is 0 Å². The Morgan fingerprint density at radius 1 is 0.976 bits per heavy atom. The van der Waals surface area contributed by atoms with Crippen molar-refractivity contribution >= 4 is 21.5 Å². The Hall–Kier alpha value is -3.52. The lowest BCUT2D eigenvalue weighted by molar-refractivity contribution is -0.141. The van der Waals surface area contributed by atoms with E-state index in [0.717, 1.165) is 42.0 Å². The molecule has 1 aliphatic carbocycles. The standard InChI is InChI=1S/C33H37NO6S/c1-38-33(35)17-26-21-40-32-18-27(7-9-30(26)32)34-19-23-5-6-24-3-2-4-25-16-28(8-10-29(25)31(24)15-23)39-20-22-11-13-41(36,37)14-12-22/h5-10,15-16,18,22,26,34H,2-4,11-14,17,19-21H2,1H3/t26-/m1/s1. The lowest BCUT2D eigenvalue weighted by Crippen LogP contribution is -2.26. The topological polar surface area (TPSA) is 90.9 Å². The molecule has 0 amide bonds. The first-order chi connectivity index (χ1) is 19.9. The second-order valence-electron chi connectivity index (χ2n) is 11.5. The molecule has 3 aromatic carbocycles. The van der Waals surface area contributed by atoms with Crippen LogP contribution in [0.3, 0.4) is 0 Å². The average Bonchev–Trinajstić information content (AvgIpc) is 3.27. The molecular formula is C33H37NO6S. The zero-order valence-electron chi connectivity index (χ0n) is 23.5. The lowest BCUT2D eigenvalue weighted by Gasteiger charge is -2.22. The van der Waals surface area contributed by atoms with Gasteiger partial charge < -0.3 is 19.5 Å². The van der Waals surface area contributed by atoms with Crippen LogP contribution >= 0.6 is 0 Å². The third-order valence-corrected chi connectivity index (χ3v) is 10.3. The predicted octanol–water partition coefficient (Wildman–Crippen LogP) is 5.70. The van der Waals surface area contributed by atoms with E-state index in [1.165, 1.54) is 34.9 Å². The summed E-state index contributed by atoms with van der Waals surface area (Å²) >= 11 is 0. The minimum Gasteiger partial charge on any atom is -0.493 e. The molecule has 0 saturated carbocycles. The molecule has 1 N–H and O–H groups in total. The van der Waals surface area contributed by atoms with E-state index in [0.29, 0.717) is 44.9 Å². The summed E-state index contributed by atoms with van der Waals surface area (Å²) < 4.78 is 40.3. The first-order valence-electron chi connectivity index (χ1n) is 14.5. The van der Waals surface area contributed by atoms with Gasteiger partial charge in [0.25, 0.3) is 0 Å². The third-order valence-electron chi connectivity index (χ3n) is 8.62. The highest BCUT2D eigenvalue weighted by Gasteiger charge is 2.27. The molecular weight excluding hydrogens is 538 g/mol. The maximum Gasteiger partial charge on any atom is 0.306 e. The van der Waals surface area contributed by atoms with Gasteiger partial charge in [-0.05, 0) is 90.1 Å². The van der Waals surface area contributed by atoms with Crippen molar-refractivity contribution in [2.75, 3.05) is 37.1 Å². The number of anilines is 1. The number of hydrogen-bond donors (Lipinski definition) is 1. The molecule has 1 fully saturated rings. The van der Waals surface area contributed by atoms with Crippen LogP contribution in [0.15, 0.2) is 54.6 Å². The van der Waals surface area contributed by atoms with Gasteiger partial charge in [-0.15, -0.1) is 0 Å². The summed E-state index contributed by atoms with van der Waals surface area (Å²) in [5, 5.41) is 3.54. The fourth-order valence-electron chi connectivity index (χ4n) is 6.16. The van der Waals surface area contributed by atoms with Crippen LogP contribution in [0.25, 0.3) is 11.1 Å². The van der Waals surface area contributed by atoms with Crippen LogP contribution in [0.5, 0.6) is 11.5 Å². The van der Waals surface area contributed by atoms with Crippen LogP contribution in [0.2, 0.25) is 0 Å². The Labute approximate surface area is 242 Å². The Bertz CT molecular complexity index is 1540. The molecule has 0 aromatic heterocycles. The molecule has 0 unspecified atom stereocenters. The number of aryl methyl sites for hydroxylation is 2. The number of benzene rings is 3. The minimum absolute atomic E-state index is 0.0353. The number of fused-ring (bicyclic) bond motifs is 4. The summed E-state index contributed by atoms with van der Waals surface area (Å²) in [7, 11) is -1.44. The molecule has 216 valence electrons. The normalized spacial score (nSPS) is 19.2. The van der Waals surface area contributed by atoms with E-state index in [1.807, 2.05) is 18.2 Å². The minimum atomic E-state index is -2.86. The first kappa shape index (κ1) is 27.6. The van der Waals surface area contributed by atoms with Gasteiger partial charge in [-0.25, -0.2) is 8.42 Å². The van der Waals surface area contributed by atoms with Crippen LogP contribution in [0.1, 0.15) is 53.9 Å². The molecule has 2 heterocycles. The summed E-state index contributed by atoms with van der Waals surface area (Å²) in [6.45, 7) is 1.75. The SMILES string of the molecule is COC(=O)C[C@@H]1COc2cc(NCc3ccc4c(c3)-c3ccc(OCC5CCS(=O)(=O)CC5)cc3CCC4)ccc21. The summed E-state index contributed by atoms with van der Waals surface area (Å²) in [5.41, 5.74) is 8.45. The number of methoxy groups -OCH3 is 1. The number of hydrogen-bond acceptors (Lipinski definition) is 7. The van der Waals surface area contributed by atoms with Crippen molar-refractivity contribution in [3.8, 4) is 22.6 Å². The molecule has 1 saturated heterocycles. The van der Waals surface area contributed by atoms with Crippen molar-refractivity contribution < 1.29 is 27.4 Å². The number of carbonyl (C=O) groups excluding carboxylic acids is 1. The summed E-state index contributed by atoms with van der Waals surface area (Å²) in [6.07, 6.45) is 4.83. The fraction of sp³-hybridized carbons (Fsp3) is 0.424. The van der Waals surface area contributed by atoms with Gasteiger partial charge >= 0.3 is 5.97 Å². The van der Waals surface area contributed by atoms with E-state index in [1.54, 1.807) is 0 Å². The maximum absolute atomic E-state index is 11.7. The van der Waals surface area contributed by atoms with Gasteiger partial charge in [-0.2, -0.15) is 0 Å². The zero-order valence-corrected chi connectivity index (χ0v) is 24.3. The molecule has 41 heavy (non-hydrogen) atoms. The van der Waals surface area contributed by atoms with Crippen LogP contribution in [-0.4, -0.2) is 46.2 Å². The maximum atomic E-state index is 11.7. The molecule has 1 atom stereocenters. The molecule has 6 rings (SSSR count). The number of ether oxygens (including phenoxy) is 3. The van der Waals surface area contributed by atoms with Crippen molar-refractivity contribution in [1.29, 1.82) is 0 Å². The predicted molar refractivity (Wildman–Crippen MR) is 159 cm³/mol. The highest BCUT2D eigenvalue weighted by molar-refractivity contribution is 7.91. The first-order valence-corrected chi connectivity index (χ1v) is 16.3. The average molecular weight is 576 g/mol. The highest BCUT2D eigenvalue weighted by atomic mass is 32.2. The van der Waals surface area contributed by atoms with Gasteiger partial charge in [0.05, 0.1) is 38.3 Å². The Morgan fingerprint density at radius 3 is 2.63 bits per heavy atom. The van der Waals surface area contributed by atoms with Gasteiger partial charge in [0.2, 0.25) is 0 Å². The van der Waals surface area contributed by atoms with Crippen LogP contribution in [-0.2, 0) is 38.8 Å². The quantitative estimate of drug-likeness (QED) is 0.345. The van der Waals surface area contributed by atoms with Crippen LogP contribution in [0, 0.1) is 5.92 Å². The van der Waals surface area contributed by atoms with Gasteiger partial charge in [0.15, 0.2) is 0 Å². The second kappa shape index (κ2) is 11.8. The van der Waals surface area contributed by atoms with E-state index in [-0.39, 0.29) is 23.4 Å². The number of esters is 1. The summed E-state index contributed by atoms with van der Waals surface area (Å²) in [5.74, 6) is 2.35. The smallest absolute Gasteiger partial charge is 0.306 e. The van der Waals surface area contributed by atoms with E-state index in [4.69, 9.17) is 14.2 Å². The Kier molecular flexibility index (Phi) is 7.93. The third kappa shape index (κ3) is 6.38. The number of rotatable bonds is 8. The molecule has 0 bridgehead atoms. The number of sulfone groups is 1. The van der Waals surface area contributed by atoms with E-state index >= 15 is 0 Å². The van der Waals surface area contributed by atoms with E-state index in [9.17, 15) is 13.2 Å². The monoisotopic (exact) mass is 575 g/mol. The molecule has 7 nitrogen and oxygen atoms in total. The molecule has 8 heteroatoms. The number of carbonyl (C=O) groups is 1. The summed E-state index contributed by atoms with van der Waals surface area (Å²) in [6, 6.07) is 19.3. The van der Waals surface area contributed by atoms with Gasteiger partial charge in [-0.1, -0.05) is 24.3 Å². The van der Waals surface area contributed by atoms with Gasteiger partial charge in [0, 0.05) is 29.8 Å². The molecule has 3 aliphatic rings. The Morgan fingerprint density at radius 2 is 1.80 bits per heavy atom. The highest BCUT2D eigenvalue weighted by Crippen LogP contribution is 2.39. The van der Waals surface area contributed by atoms with Gasteiger partial charge in [-0.3, -0.25) is 4.79 Å². The van der Waals surface area contributed by atoms with Crippen molar-refractivity contribution in [2.24, 2.45) is 5.92 Å². The molecule has 0 radical (unpaired) electrons. The Balaban J connectivity index is 1.12. The van der Waals surface area contributed by atoms with Crippen molar-refractivity contribution in [3.05, 3.63) is 76.9 Å². The van der Waals surface area contributed by atoms with E-state index in [2.05, 4.69) is 41.7 Å². The zero-order chi connectivity index (χ0) is 28.4.